The molecule has 5 nitrogen and oxygen atoms in total. The fourth-order valence-corrected chi connectivity index (χ4v) is 2.17. The lowest BCUT2D eigenvalue weighted by Gasteiger charge is -2.17. The SMILES string of the molecule is CCOC(=O)CN1CCN/C1=C\C(=O)c1ccc(Cl)cc1. The quantitative estimate of drug-likeness (QED) is 0.511. The summed E-state index contributed by atoms with van der Waals surface area (Å²) in [6.07, 6.45) is 1.50. The highest BCUT2D eigenvalue weighted by Crippen LogP contribution is 2.13. The van der Waals surface area contributed by atoms with E-state index >= 15 is 0 Å². The van der Waals surface area contributed by atoms with Crippen LogP contribution in [0.2, 0.25) is 5.02 Å². The molecule has 0 bridgehead atoms. The van der Waals surface area contributed by atoms with Gasteiger partial charge in [-0.25, -0.2) is 0 Å². The van der Waals surface area contributed by atoms with Gasteiger partial charge < -0.3 is 15.0 Å². The number of nitrogens with zero attached hydrogens (tertiary/aromatic N) is 1. The summed E-state index contributed by atoms with van der Waals surface area (Å²) in [6, 6.07) is 6.69. The zero-order valence-electron chi connectivity index (χ0n) is 11.8. The summed E-state index contributed by atoms with van der Waals surface area (Å²) in [5, 5.41) is 3.68. The molecule has 1 aliphatic rings. The van der Waals surface area contributed by atoms with E-state index in [1.165, 1.54) is 6.08 Å². The lowest BCUT2D eigenvalue weighted by atomic mass is 10.1. The van der Waals surface area contributed by atoms with E-state index in [0.717, 1.165) is 0 Å². The van der Waals surface area contributed by atoms with Crippen LogP contribution in [0.3, 0.4) is 0 Å². The fourth-order valence-electron chi connectivity index (χ4n) is 2.04. The maximum Gasteiger partial charge on any atom is 0.325 e. The van der Waals surface area contributed by atoms with Gasteiger partial charge >= 0.3 is 5.97 Å². The standard InChI is InChI=1S/C15H17ClN2O3/c1-2-21-15(20)10-18-8-7-17-14(18)9-13(19)11-3-5-12(16)6-4-11/h3-6,9,17H,2,7-8,10H2,1H3/b14-9+. The topological polar surface area (TPSA) is 58.6 Å². The first-order valence-corrected chi connectivity index (χ1v) is 7.14. The van der Waals surface area contributed by atoms with Gasteiger partial charge in [0, 0.05) is 29.8 Å². The maximum absolute atomic E-state index is 12.2. The highest BCUT2D eigenvalue weighted by molar-refractivity contribution is 6.30. The van der Waals surface area contributed by atoms with Gasteiger partial charge in [-0.3, -0.25) is 9.59 Å². The molecule has 1 heterocycles. The molecule has 0 saturated carbocycles. The van der Waals surface area contributed by atoms with Crippen LogP contribution in [-0.4, -0.2) is 42.9 Å². The summed E-state index contributed by atoms with van der Waals surface area (Å²) in [6.45, 7) is 3.61. The van der Waals surface area contributed by atoms with Crippen LogP contribution in [0.4, 0.5) is 0 Å². The summed E-state index contributed by atoms with van der Waals surface area (Å²) in [5.41, 5.74) is 0.552. The second-order valence-electron chi connectivity index (χ2n) is 4.55. The van der Waals surface area contributed by atoms with Crippen LogP contribution in [0.15, 0.2) is 36.2 Å². The minimum Gasteiger partial charge on any atom is -0.465 e. The number of allylic oxidation sites excluding steroid dienone is 1. The van der Waals surface area contributed by atoms with E-state index in [1.807, 2.05) is 0 Å². The molecule has 2 rings (SSSR count). The summed E-state index contributed by atoms with van der Waals surface area (Å²) >= 11 is 5.80. The average Bonchev–Trinajstić information content (AvgIpc) is 2.87. The van der Waals surface area contributed by atoms with E-state index in [0.29, 0.717) is 36.1 Å². The molecule has 1 aliphatic heterocycles. The molecule has 6 heteroatoms. The van der Waals surface area contributed by atoms with E-state index in [-0.39, 0.29) is 18.3 Å². The van der Waals surface area contributed by atoms with Crippen LogP contribution in [0, 0.1) is 0 Å². The van der Waals surface area contributed by atoms with Gasteiger partial charge in [0.25, 0.3) is 0 Å². The Kier molecular flexibility index (Phi) is 5.22. The van der Waals surface area contributed by atoms with Crippen molar-refractivity contribution in [3.8, 4) is 0 Å². The largest absolute Gasteiger partial charge is 0.465 e. The predicted molar refractivity (Wildman–Crippen MR) is 80.1 cm³/mol. The zero-order valence-corrected chi connectivity index (χ0v) is 12.5. The van der Waals surface area contributed by atoms with Gasteiger partial charge in [-0.2, -0.15) is 0 Å². The molecular weight excluding hydrogens is 292 g/mol. The molecule has 112 valence electrons. The van der Waals surface area contributed by atoms with Crippen molar-refractivity contribution >= 4 is 23.4 Å². The number of benzene rings is 1. The number of halogens is 1. The Hall–Kier alpha value is -2.01. The van der Waals surface area contributed by atoms with Crippen molar-refractivity contribution in [2.24, 2.45) is 0 Å². The highest BCUT2D eigenvalue weighted by Gasteiger charge is 2.20. The van der Waals surface area contributed by atoms with Crippen molar-refractivity contribution in [1.82, 2.24) is 10.2 Å². The molecule has 0 spiro atoms. The molecule has 1 aromatic rings. The number of ether oxygens (including phenoxy) is 1. The van der Waals surface area contributed by atoms with E-state index in [4.69, 9.17) is 16.3 Å². The molecule has 1 saturated heterocycles. The molecular formula is C15H17ClN2O3. The van der Waals surface area contributed by atoms with Crippen molar-refractivity contribution in [3.63, 3.8) is 0 Å². The Balaban J connectivity index is 2.06. The second-order valence-corrected chi connectivity index (χ2v) is 4.99. The molecule has 0 amide bonds. The fraction of sp³-hybridized carbons (Fsp3) is 0.333. The number of hydrogen-bond donors (Lipinski definition) is 1. The van der Waals surface area contributed by atoms with Gasteiger partial charge in [0.05, 0.1) is 6.61 Å². The molecule has 0 aromatic heterocycles. The Morgan fingerprint density at radius 3 is 2.76 bits per heavy atom. The molecule has 1 N–H and O–H groups in total. The molecule has 21 heavy (non-hydrogen) atoms. The Bertz CT molecular complexity index is 555. The highest BCUT2D eigenvalue weighted by atomic mass is 35.5. The molecule has 0 radical (unpaired) electrons. The number of nitrogens with one attached hydrogen (secondary N) is 1. The van der Waals surface area contributed by atoms with Crippen LogP contribution in [0.1, 0.15) is 17.3 Å². The zero-order chi connectivity index (χ0) is 15.2. The Morgan fingerprint density at radius 1 is 1.38 bits per heavy atom. The van der Waals surface area contributed by atoms with Crippen LogP contribution >= 0.6 is 11.6 Å². The van der Waals surface area contributed by atoms with Crippen molar-refractivity contribution in [1.29, 1.82) is 0 Å². The third-order valence-electron chi connectivity index (χ3n) is 3.05. The van der Waals surface area contributed by atoms with Crippen LogP contribution in [0.5, 0.6) is 0 Å². The van der Waals surface area contributed by atoms with Gasteiger partial charge in [0.1, 0.15) is 12.4 Å². The van der Waals surface area contributed by atoms with Crippen molar-refractivity contribution in [3.05, 3.63) is 46.7 Å². The first kappa shape index (κ1) is 15.4. The smallest absolute Gasteiger partial charge is 0.325 e. The van der Waals surface area contributed by atoms with Gasteiger partial charge in [-0.15, -0.1) is 0 Å². The van der Waals surface area contributed by atoms with Crippen LogP contribution < -0.4 is 5.32 Å². The van der Waals surface area contributed by atoms with Crippen molar-refractivity contribution in [2.75, 3.05) is 26.2 Å². The summed E-state index contributed by atoms with van der Waals surface area (Å²) in [7, 11) is 0. The number of rotatable bonds is 5. The number of carbonyl (C=O) groups is 2. The predicted octanol–water partition coefficient (Wildman–Crippen LogP) is 1.83. The van der Waals surface area contributed by atoms with Crippen LogP contribution in [0.25, 0.3) is 0 Å². The molecule has 0 aliphatic carbocycles. The van der Waals surface area contributed by atoms with Crippen molar-refractivity contribution in [2.45, 2.75) is 6.92 Å². The number of hydrogen-bond acceptors (Lipinski definition) is 5. The number of esters is 1. The van der Waals surface area contributed by atoms with E-state index in [2.05, 4.69) is 5.32 Å². The minimum atomic E-state index is -0.300. The van der Waals surface area contributed by atoms with Gasteiger partial charge in [0.2, 0.25) is 0 Å². The third-order valence-corrected chi connectivity index (χ3v) is 3.30. The number of ketones is 1. The second kappa shape index (κ2) is 7.13. The molecule has 0 atom stereocenters. The first-order valence-electron chi connectivity index (χ1n) is 6.76. The average molecular weight is 309 g/mol. The molecule has 1 fully saturated rings. The summed E-state index contributed by atoms with van der Waals surface area (Å²) in [5.74, 6) is 0.207. The monoisotopic (exact) mass is 308 g/mol. The van der Waals surface area contributed by atoms with Gasteiger partial charge in [-0.05, 0) is 31.2 Å². The van der Waals surface area contributed by atoms with E-state index in [9.17, 15) is 9.59 Å². The third kappa shape index (κ3) is 4.23. The van der Waals surface area contributed by atoms with Crippen LogP contribution in [-0.2, 0) is 9.53 Å². The summed E-state index contributed by atoms with van der Waals surface area (Å²) < 4.78 is 4.92. The van der Waals surface area contributed by atoms with E-state index in [1.54, 1.807) is 36.1 Å². The Labute approximate surface area is 128 Å². The lowest BCUT2D eigenvalue weighted by Crippen LogP contribution is -2.29. The first-order chi connectivity index (χ1) is 10.1. The number of carbonyl (C=O) groups excluding carboxylic acids is 2. The summed E-state index contributed by atoms with van der Waals surface area (Å²) in [4.78, 5) is 25.5. The lowest BCUT2D eigenvalue weighted by molar-refractivity contribution is -0.143. The Morgan fingerprint density at radius 2 is 2.10 bits per heavy atom. The molecule has 1 aromatic carbocycles. The maximum atomic E-state index is 12.2. The minimum absolute atomic E-state index is 0.134. The molecule has 0 unspecified atom stereocenters. The normalized spacial score (nSPS) is 15.9. The van der Waals surface area contributed by atoms with Gasteiger partial charge in [0.15, 0.2) is 5.78 Å². The van der Waals surface area contributed by atoms with Crippen molar-refractivity contribution < 1.29 is 14.3 Å². The van der Waals surface area contributed by atoms with Gasteiger partial charge in [-0.1, -0.05) is 11.6 Å². The van der Waals surface area contributed by atoms with E-state index < -0.39 is 0 Å².